The third-order valence-electron chi connectivity index (χ3n) is 2.93. The Morgan fingerprint density at radius 1 is 1.48 bits per heavy atom. The van der Waals surface area contributed by atoms with E-state index in [0.29, 0.717) is 16.4 Å². The largest absolute Gasteiger partial charge is 0.290 e. The van der Waals surface area contributed by atoms with Gasteiger partial charge in [0.15, 0.2) is 4.96 Å². The predicted octanol–water partition coefficient (Wildman–Crippen LogP) is 3.12. The number of imidazole rings is 1. The van der Waals surface area contributed by atoms with Gasteiger partial charge in [-0.05, 0) is 13.0 Å². The van der Waals surface area contributed by atoms with E-state index in [1.807, 2.05) is 29.8 Å². The Kier molecular flexibility index (Phi) is 3.72. The summed E-state index contributed by atoms with van der Waals surface area (Å²) in [4.78, 5) is 17.3. The molecule has 0 unspecified atom stereocenters. The summed E-state index contributed by atoms with van der Waals surface area (Å²) in [7, 11) is 0. The number of aromatic nitrogens is 2. The summed E-state index contributed by atoms with van der Waals surface area (Å²) in [5.74, 6) is -0.304. The molecule has 0 saturated heterocycles. The molecule has 0 atom stereocenters. The van der Waals surface area contributed by atoms with Crippen LogP contribution in [0.4, 0.5) is 0 Å². The number of nitrogens with one attached hydrogen (secondary N) is 1. The highest BCUT2D eigenvalue weighted by Crippen LogP contribution is 2.16. The van der Waals surface area contributed by atoms with Gasteiger partial charge in [-0.15, -0.1) is 11.3 Å². The molecular formula is C14H11ClN4OS. The van der Waals surface area contributed by atoms with E-state index in [4.69, 9.17) is 11.6 Å². The zero-order valence-electron chi connectivity index (χ0n) is 11.1. The van der Waals surface area contributed by atoms with Crippen molar-refractivity contribution in [2.45, 2.75) is 6.92 Å². The number of hydrogen-bond donors (Lipinski definition) is 1. The van der Waals surface area contributed by atoms with Crippen molar-refractivity contribution in [2.24, 2.45) is 5.10 Å². The summed E-state index contributed by atoms with van der Waals surface area (Å²) >= 11 is 7.49. The van der Waals surface area contributed by atoms with Crippen LogP contribution in [0.3, 0.4) is 0 Å². The first-order valence-electron chi connectivity index (χ1n) is 6.17. The molecule has 106 valence electrons. The number of aryl methyl sites for hydroxylation is 1. The van der Waals surface area contributed by atoms with Crippen molar-refractivity contribution in [3.05, 3.63) is 57.8 Å². The minimum atomic E-state index is -0.304. The zero-order chi connectivity index (χ0) is 14.8. The first kappa shape index (κ1) is 13.8. The summed E-state index contributed by atoms with van der Waals surface area (Å²) in [5, 5.41) is 6.40. The highest BCUT2D eigenvalue weighted by molar-refractivity contribution is 7.15. The third-order valence-corrected chi connectivity index (χ3v) is 4.03. The number of halogens is 1. The average Bonchev–Trinajstić information content (AvgIpc) is 3.00. The van der Waals surface area contributed by atoms with E-state index in [1.54, 1.807) is 17.4 Å². The number of rotatable bonds is 3. The highest BCUT2D eigenvalue weighted by atomic mass is 35.5. The van der Waals surface area contributed by atoms with Crippen LogP contribution in [0.5, 0.6) is 0 Å². The van der Waals surface area contributed by atoms with Crippen molar-refractivity contribution in [3.8, 4) is 0 Å². The maximum absolute atomic E-state index is 12.2. The van der Waals surface area contributed by atoms with Crippen LogP contribution in [0.2, 0.25) is 5.02 Å². The Morgan fingerprint density at radius 2 is 2.29 bits per heavy atom. The summed E-state index contributed by atoms with van der Waals surface area (Å²) < 4.78 is 1.75. The van der Waals surface area contributed by atoms with E-state index < -0.39 is 0 Å². The standard InChI is InChI=1S/C14H11ClN4OS/c1-9-12(19-6-7-21-14(19)17-9)13(20)18-16-8-10-4-2-3-5-11(10)15/h2-8H,1H3,(H,18,20)/b16-8-. The second kappa shape index (κ2) is 5.67. The van der Waals surface area contributed by atoms with Crippen LogP contribution in [-0.4, -0.2) is 21.5 Å². The fourth-order valence-corrected chi connectivity index (χ4v) is 2.90. The maximum Gasteiger partial charge on any atom is 0.290 e. The number of carbonyl (C=O) groups is 1. The first-order valence-corrected chi connectivity index (χ1v) is 7.42. The van der Waals surface area contributed by atoms with Gasteiger partial charge in [0.1, 0.15) is 5.69 Å². The van der Waals surface area contributed by atoms with Crippen LogP contribution in [0, 0.1) is 6.92 Å². The fraction of sp³-hybridized carbons (Fsp3) is 0.0714. The van der Waals surface area contributed by atoms with Crippen LogP contribution < -0.4 is 5.43 Å². The van der Waals surface area contributed by atoms with Gasteiger partial charge in [0.25, 0.3) is 5.91 Å². The topological polar surface area (TPSA) is 58.8 Å². The molecule has 0 bridgehead atoms. The molecule has 3 rings (SSSR count). The minimum absolute atomic E-state index is 0.304. The van der Waals surface area contributed by atoms with Crippen LogP contribution in [0.25, 0.3) is 4.96 Å². The monoisotopic (exact) mass is 318 g/mol. The number of nitrogens with zero attached hydrogens (tertiary/aromatic N) is 3. The minimum Gasteiger partial charge on any atom is -0.286 e. The molecule has 0 aliphatic rings. The number of carbonyl (C=O) groups excluding carboxylic acids is 1. The van der Waals surface area contributed by atoms with Gasteiger partial charge < -0.3 is 0 Å². The molecule has 1 amide bonds. The van der Waals surface area contributed by atoms with E-state index in [1.165, 1.54) is 17.6 Å². The zero-order valence-corrected chi connectivity index (χ0v) is 12.6. The molecule has 5 nitrogen and oxygen atoms in total. The number of benzene rings is 1. The van der Waals surface area contributed by atoms with Gasteiger partial charge >= 0.3 is 0 Å². The van der Waals surface area contributed by atoms with E-state index in [0.717, 1.165) is 10.5 Å². The molecular weight excluding hydrogens is 308 g/mol. The highest BCUT2D eigenvalue weighted by Gasteiger charge is 2.16. The first-order chi connectivity index (χ1) is 10.2. The average molecular weight is 319 g/mol. The summed E-state index contributed by atoms with van der Waals surface area (Å²) in [5.41, 5.74) is 4.40. The molecule has 7 heteroatoms. The number of amides is 1. The van der Waals surface area contributed by atoms with E-state index in [-0.39, 0.29) is 5.91 Å². The second-order valence-corrected chi connectivity index (χ2v) is 5.60. The maximum atomic E-state index is 12.2. The number of hydrazone groups is 1. The summed E-state index contributed by atoms with van der Waals surface area (Å²) in [6, 6.07) is 7.27. The number of thiazole rings is 1. The molecule has 0 aliphatic carbocycles. The van der Waals surface area contributed by atoms with Crippen LogP contribution in [-0.2, 0) is 0 Å². The van der Waals surface area contributed by atoms with Crippen molar-refractivity contribution in [1.82, 2.24) is 14.8 Å². The number of fused-ring (bicyclic) bond motifs is 1. The second-order valence-electron chi connectivity index (χ2n) is 4.32. The van der Waals surface area contributed by atoms with Gasteiger partial charge in [0.05, 0.1) is 11.9 Å². The van der Waals surface area contributed by atoms with Crippen molar-refractivity contribution in [1.29, 1.82) is 0 Å². The van der Waals surface area contributed by atoms with Crippen molar-refractivity contribution < 1.29 is 4.79 Å². The molecule has 2 heterocycles. The lowest BCUT2D eigenvalue weighted by molar-refractivity contribution is 0.0948. The molecule has 0 spiro atoms. The Bertz CT molecular complexity index is 836. The van der Waals surface area contributed by atoms with Crippen molar-refractivity contribution in [3.63, 3.8) is 0 Å². The molecule has 0 aliphatic heterocycles. The lowest BCUT2D eigenvalue weighted by Gasteiger charge is -2.00. The molecule has 1 aromatic carbocycles. The smallest absolute Gasteiger partial charge is 0.286 e. The molecule has 0 radical (unpaired) electrons. The quantitative estimate of drug-likeness (QED) is 0.596. The molecule has 2 aromatic heterocycles. The summed E-state index contributed by atoms with van der Waals surface area (Å²) in [6.45, 7) is 1.80. The Hall–Kier alpha value is -2.18. The molecule has 1 N–H and O–H groups in total. The van der Waals surface area contributed by atoms with E-state index >= 15 is 0 Å². The van der Waals surface area contributed by atoms with Gasteiger partial charge in [0, 0.05) is 22.2 Å². The van der Waals surface area contributed by atoms with E-state index in [2.05, 4.69) is 15.5 Å². The van der Waals surface area contributed by atoms with Crippen LogP contribution >= 0.6 is 22.9 Å². The van der Waals surface area contributed by atoms with Crippen LogP contribution in [0.1, 0.15) is 21.7 Å². The molecule has 3 aromatic rings. The van der Waals surface area contributed by atoms with Gasteiger partial charge in [0.2, 0.25) is 0 Å². The van der Waals surface area contributed by atoms with Gasteiger partial charge in [-0.25, -0.2) is 10.4 Å². The van der Waals surface area contributed by atoms with Gasteiger partial charge in [-0.3, -0.25) is 9.20 Å². The molecule has 0 fully saturated rings. The summed E-state index contributed by atoms with van der Waals surface area (Å²) in [6.07, 6.45) is 3.33. The molecule has 0 saturated carbocycles. The van der Waals surface area contributed by atoms with Crippen molar-refractivity contribution in [2.75, 3.05) is 0 Å². The number of hydrogen-bond acceptors (Lipinski definition) is 4. The predicted molar refractivity (Wildman–Crippen MR) is 84.3 cm³/mol. The third kappa shape index (κ3) is 2.68. The van der Waals surface area contributed by atoms with Crippen molar-refractivity contribution >= 4 is 40.0 Å². The Balaban J connectivity index is 1.79. The van der Waals surface area contributed by atoms with E-state index in [9.17, 15) is 4.79 Å². The Morgan fingerprint density at radius 3 is 3.10 bits per heavy atom. The lowest BCUT2D eigenvalue weighted by Crippen LogP contribution is -2.20. The Labute approximate surface area is 129 Å². The fourth-order valence-electron chi connectivity index (χ4n) is 1.96. The van der Waals surface area contributed by atoms with Crippen LogP contribution in [0.15, 0.2) is 40.9 Å². The lowest BCUT2D eigenvalue weighted by atomic mass is 10.2. The van der Waals surface area contributed by atoms with Gasteiger partial charge in [-0.1, -0.05) is 29.8 Å². The molecule has 21 heavy (non-hydrogen) atoms. The normalized spacial score (nSPS) is 11.3. The van der Waals surface area contributed by atoms with Gasteiger partial charge in [-0.2, -0.15) is 5.10 Å². The SMILES string of the molecule is Cc1nc2sccn2c1C(=O)N/N=C\c1ccccc1Cl.